The topological polar surface area (TPSA) is 52.7 Å². The molecule has 0 spiro atoms. The van der Waals surface area contributed by atoms with Crippen molar-refractivity contribution in [3.05, 3.63) is 0 Å². The number of carbonyl (C=O) groups is 2. The molecule has 1 heterocycles. The van der Waals surface area contributed by atoms with Crippen molar-refractivity contribution < 1.29 is 9.59 Å². The van der Waals surface area contributed by atoms with Gasteiger partial charge in [-0.1, -0.05) is 0 Å². The Hall–Kier alpha value is -1.10. The molecular formula is C11H21N3O2. The Morgan fingerprint density at radius 3 is 2.75 bits per heavy atom. The fraction of sp³-hybridized carbons (Fsp3) is 0.818. The molecule has 2 amide bonds. The maximum atomic E-state index is 11.9. The number of carbonyl (C=O) groups excluding carboxylic acids is 2. The predicted molar refractivity (Wildman–Crippen MR) is 62.0 cm³/mol. The van der Waals surface area contributed by atoms with Crippen molar-refractivity contribution >= 4 is 11.8 Å². The molecule has 92 valence electrons. The van der Waals surface area contributed by atoms with Crippen molar-refractivity contribution in [3.8, 4) is 0 Å². The molecule has 1 aliphatic heterocycles. The van der Waals surface area contributed by atoms with Gasteiger partial charge in [0, 0.05) is 33.1 Å². The maximum Gasteiger partial charge on any atom is 0.242 e. The van der Waals surface area contributed by atoms with Gasteiger partial charge in [-0.3, -0.25) is 9.59 Å². The Kier molecular flexibility index (Phi) is 4.73. The van der Waals surface area contributed by atoms with E-state index in [0.717, 1.165) is 25.9 Å². The minimum Gasteiger partial charge on any atom is -0.340 e. The Morgan fingerprint density at radius 1 is 1.50 bits per heavy atom. The molecule has 0 saturated carbocycles. The molecule has 16 heavy (non-hydrogen) atoms. The molecular weight excluding hydrogens is 206 g/mol. The second-order valence-corrected chi connectivity index (χ2v) is 4.34. The smallest absolute Gasteiger partial charge is 0.242 e. The molecule has 1 fully saturated rings. The van der Waals surface area contributed by atoms with Crippen LogP contribution in [0.15, 0.2) is 0 Å². The van der Waals surface area contributed by atoms with Crippen molar-refractivity contribution in [2.24, 2.45) is 0 Å². The molecule has 1 saturated heterocycles. The summed E-state index contributed by atoms with van der Waals surface area (Å²) < 4.78 is 0. The van der Waals surface area contributed by atoms with E-state index in [1.54, 1.807) is 7.05 Å². The number of rotatable bonds is 3. The molecule has 1 atom stereocenters. The molecule has 5 heteroatoms. The SMILES string of the molecule is CNC1CCCN(C(=O)CN(C)C(C)=O)C1. The van der Waals surface area contributed by atoms with Gasteiger partial charge in [0.1, 0.15) is 0 Å². The number of piperidine rings is 1. The molecule has 1 unspecified atom stereocenters. The van der Waals surface area contributed by atoms with Crippen molar-refractivity contribution in [2.75, 3.05) is 33.7 Å². The Labute approximate surface area is 96.8 Å². The lowest BCUT2D eigenvalue weighted by atomic mass is 10.1. The number of hydrogen-bond acceptors (Lipinski definition) is 3. The van der Waals surface area contributed by atoms with Crippen LogP contribution in [0.5, 0.6) is 0 Å². The number of nitrogens with zero attached hydrogens (tertiary/aromatic N) is 2. The van der Waals surface area contributed by atoms with Gasteiger partial charge in [0.05, 0.1) is 6.54 Å². The summed E-state index contributed by atoms with van der Waals surface area (Å²) in [6.45, 7) is 3.22. The third kappa shape index (κ3) is 3.48. The number of likely N-dealkylation sites (N-methyl/N-ethyl adjacent to an activating group) is 2. The normalized spacial score (nSPS) is 20.7. The van der Waals surface area contributed by atoms with Crippen molar-refractivity contribution in [1.82, 2.24) is 15.1 Å². The van der Waals surface area contributed by atoms with E-state index in [1.807, 2.05) is 11.9 Å². The van der Waals surface area contributed by atoms with E-state index in [4.69, 9.17) is 0 Å². The van der Waals surface area contributed by atoms with E-state index in [9.17, 15) is 9.59 Å². The number of hydrogen-bond donors (Lipinski definition) is 1. The summed E-state index contributed by atoms with van der Waals surface area (Å²) >= 11 is 0. The first-order valence-corrected chi connectivity index (χ1v) is 5.71. The van der Waals surface area contributed by atoms with Crippen LogP contribution in [-0.2, 0) is 9.59 Å². The van der Waals surface area contributed by atoms with Crippen LogP contribution in [0.1, 0.15) is 19.8 Å². The number of nitrogens with one attached hydrogen (secondary N) is 1. The molecule has 0 aromatic rings. The summed E-state index contributed by atoms with van der Waals surface area (Å²) in [6.07, 6.45) is 2.14. The van der Waals surface area contributed by atoms with E-state index in [-0.39, 0.29) is 18.4 Å². The highest BCUT2D eigenvalue weighted by molar-refractivity contribution is 5.83. The molecule has 0 aliphatic carbocycles. The average molecular weight is 227 g/mol. The van der Waals surface area contributed by atoms with Gasteiger partial charge in [-0.2, -0.15) is 0 Å². The molecule has 0 aromatic heterocycles. The van der Waals surface area contributed by atoms with Crippen LogP contribution in [0.2, 0.25) is 0 Å². The van der Waals surface area contributed by atoms with Crippen LogP contribution < -0.4 is 5.32 Å². The first kappa shape index (κ1) is 13.0. The molecule has 0 radical (unpaired) electrons. The third-order valence-corrected chi connectivity index (χ3v) is 3.09. The summed E-state index contributed by atoms with van der Waals surface area (Å²) in [5.41, 5.74) is 0. The Balaban J connectivity index is 2.44. The summed E-state index contributed by atoms with van der Waals surface area (Å²) in [5, 5.41) is 3.19. The quantitative estimate of drug-likeness (QED) is 0.718. The zero-order valence-corrected chi connectivity index (χ0v) is 10.3. The van der Waals surface area contributed by atoms with E-state index >= 15 is 0 Å². The summed E-state index contributed by atoms with van der Waals surface area (Å²) in [7, 11) is 3.57. The van der Waals surface area contributed by atoms with Gasteiger partial charge >= 0.3 is 0 Å². The highest BCUT2D eigenvalue weighted by Crippen LogP contribution is 2.10. The van der Waals surface area contributed by atoms with Gasteiger partial charge in [0.2, 0.25) is 11.8 Å². The largest absolute Gasteiger partial charge is 0.340 e. The van der Waals surface area contributed by atoms with Crippen molar-refractivity contribution in [1.29, 1.82) is 0 Å². The Morgan fingerprint density at radius 2 is 2.19 bits per heavy atom. The highest BCUT2D eigenvalue weighted by atomic mass is 16.2. The summed E-state index contributed by atoms with van der Waals surface area (Å²) in [6, 6.07) is 0.389. The van der Waals surface area contributed by atoms with Crippen LogP contribution in [-0.4, -0.2) is 61.4 Å². The molecule has 1 rings (SSSR count). The van der Waals surface area contributed by atoms with Gasteiger partial charge < -0.3 is 15.1 Å². The second-order valence-electron chi connectivity index (χ2n) is 4.34. The summed E-state index contributed by atoms with van der Waals surface area (Å²) in [5.74, 6) is -0.0341. The molecule has 0 bridgehead atoms. The van der Waals surface area contributed by atoms with E-state index in [0.29, 0.717) is 6.04 Å². The zero-order valence-electron chi connectivity index (χ0n) is 10.3. The van der Waals surface area contributed by atoms with Crippen LogP contribution in [0.3, 0.4) is 0 Å². The van der Waals surface area contributed by atoms with E-state index < -0.39 is 0 Å². The van der Waals surface area contributed by atoms with Crippen LogP contribution in [0.4, 0.5) is 0 Å². The minimum absolute atomic E-state index is 0.0395. The average Bonchev–Trinajstić information content (AvgIpc) is 2.28. The molecule has 5 nitrogen and oxygen atoms in total. The second kappa shape index (κ2) is 5.84. The minimum atomic E-state index is -0.0736. The first-order chi connectivity index (χ1) is 7.54. The van der Waals surface area contributed by atoms with Crippen molar-refractivity contribution in [3.63, 3.8) is 0 Å². The summed E-state index contributed by atoms with van der Waals surface area (Å²) in [4.78, 5) is 26.2. The molecule has 0 aromatic carbocycles. The van der Waals surface area contributed by atoms with Crippen LogP contribution in [0, 0.1) is 0 Å². The van der Waals surface area contributed by atoms with Gasteiger partial charge in [0.15, 0.2) is 0 Å². The standard InChI is InChI=1S/C11H21N3O2/c1-9(15)13(3)8-11(16)14-6-4-5-10(7-14)12-2/h10,12H,4-8H2,1-3H3. The predicted octanol–water partition coefficient (Wildman–Crippen LogP) is -0.325. The number of likely N-dealkylation sites (tertiary alicyclic amines) is 1. The highest BCUT2D eigenvalue weighted by Gasteiger charge is 2.23. The fourth-order valence-corrected chi connectivity index (χ4v) is 1.85. The maximum absolute atomic E-state index is 11.9. The van der Waals surface area contributed by atoms with Gasteiger partial charge in [-0.25, -0.2) is 0 Å². The lowest BCUT2D eigenvalue weighted by molar-refractivity contribution is -0.139. The van der Waals surface area contributed by atoms with Gasteiger partial charge in [0.25, 0.3) is 0 Å². The lowest BCUT2D eigenvalue weighted by Gasteiger charge is -2.33. The molecule has 1 aliphatic rings. The number of amides is 2. The van der Waals surface area contributed by atoms with Crippen molar-refractivity contribution in [2.45, 2.75) is 25.8 Å². The van der Waals surface area contributed by atoms with Gasteiger partial charge in [-0.15, -0.1) is 0 Å². The van der Waals surface area contributed by atoms with E-state index in [1.165, 1.54) is 11.8 Å². The zero-order chi connectivity index (χ0) is 12.1. The third-order valence-electron chi connectivity index (χ3n) is 3.09. The van der Waals surface area contributed by atoms with E-state index in [2.05, 4.69) is 5.32 Å². The molecule has 1 N–H and O–H groups in total. The first-order valence-electron chi connectivity index (χ1n) is 5.71. The fourth-order valence-electron chi connectivity index (χ4n) is 1.85. The van der Waals surface area contributed by atoms with Crippen LogP contribution in [0.25, 0.3) is 0 Å². The monoisotopic (exact) mass is 227 g/mol. The van der Waals surface area contributed by atoms with Crippen LogP contribution >= 0.6 is 0 Å². The lowest BCUT2D eigenvalue weighted by Crippen LogP contribution is -2.49. The van der Waals surface area contributed by atoms with Gasteiger partial charge in [-0.05, 0) is 19.9 Å². The Bertz CT molecular complexity index is 268.